The molecule has 17 heavy (non-hydrogen) atoms. The van der Waals surface area contributed by atoms with Gasteiger partial charge in [-0.1, -0.05) is 29.8 Å². The van der Waals surface area contributed by atoms with Crippen molar-refractivity contribution in [1.29, 1.82) is 0 Å². The van der Waals surface area contributed by atoms with Crippen LogP contribution in [0.15, 0.2) is 30.3 Å². The number of imide groups is 1. The van der Waals surface area contributed by atoms with Crippen molar-refractivity contribution in [3.05, 3.63) is 25.3 Å². The Morgan fingerprint density at radius 3 is 2.12 bits per heavy atom. The van der Waals surface area contributed by atoms with Crippen LogP contribution in [0.4, 0.5) is 9.59 Å². The van der Waals surface area contributed by atoms with E-state index in [0.717, 1.165) is 0 Å². The molecule has 0 fully saturated rings. The van der Waals surface area contributed by atoms with E-state index in [1.54, 1.807) is 0 Å². The van der Waals surface area contributed by atoms with Crippen LogP contribution in [0.3, 0.4) is 0 Å². The minimum Gasteiger partial charge on any atom is -0.415 e. The molecule has 0 saturated heterocycles. The van der Waals surface area contributed by atoms with Crippen molar-refractivity contribution < 1.29 is 23.5 Å². The fourth-order valence-electron chi connectivity index (χ4n) is 1.31. The Hall–Kier alpha value is -1.95. The smallest absolute Gasteiger partial charge is 0.415 e. The topological polar surface area (TPSA) is 65.0 Å². The number of amides is 2. The van der Waals surface area contributed by atoms with Gasteiger partial charge >= 0.3 is 12.2 Å². The van der Waals surface area contributed by atoms with E-state index in [4.69, 9.17) is 9.47 Å². The van der Waals surface area contributed by atoms with Crippen LogP contribution in [0.25, 0.3) is 0 Å². The van der Waals surface area contributed by atoms with Gasteiger partial charge < -0.3 is 9.47 Å². The third kappa shape index (κ3) is 2.79. The lowest BCUT2D eigenvalue weighted by atomic mass is 10.5. The number of nitrogens with zero attached hydrogens (tertiary/aromatic N) is 2. The first-order valence-corrected chi connectivity index (χ1v) is 5.12. The summed E-state index contributed by atoms with van der Waals surface area (Å²) < 4.78 is 9.09. The van der Waals surface area contributed by atoms with E-state index in [9.17, 15) is 9.59 Å². The third-order valence-corrected chi connectivity index (χ3v) is 2.16. The molecule has 0 bridgehead atoms. The average Bonchev–Trinajstić information content (AvgIpc) is 2.83. The summed E-state index contributed by atoms with van der Waals surface area (Å²) in [5.41, 5.74) is 0. The quantitative estimate of drug-likeness (QED) is 0.550. The molecule has 1 heterocycles. The van der Waals surface area contributed by atoms with Gasteiger partial charge in [0.15, 0.2) is 0 Å². The highest BCUT2D eigenvalue weighted by molar-refractivity contribution is 5.87. The lowest BCUT2D eigenvalue weighted by Gasteiger charge is -2.21. The van der Waals surface area contributed by atoms with Crippen LogP contribution < -0.4 is 0 Å². The number of rotatable bonds is 4. The average molecular weight is 239 g/mol. The molecule has 0 aliphatic carbocycles. The monoisotopic (exact) mass is 239 g/mol. The maximum absolute atomic E-state index is 11.8. The molecule has 92 valence electrons. The standard InChI is InChI=1S/C11H15N2O4/c1-3-7-16-10(14)13(6-5-12-9-13)11(15)17-8-4-2/h3-4,9H,1-2,5-8H2/q+1. The van der Waals surface area contributed by atoms with E-state index in [0.29, 0.717) is 6.54 Å². The van der Waals surface area contributed by atoms with Gasteiger partial charge in [-0.25, -0.2) is 4.99 Å². The van der Waals surface area contributed by atoms with Crippen molar-refractivity contribution >= 4 is 18.5 Å². The lowest BCUT2D eigenvalue weighted by Crippen LogP contribution is -2.55. The summed E-state index contributed by atoms with van der Waals surface area (Å²) in [6.07, 6.45) is 2.69. The minimum absolute atomic E-state index is 0.0431. The number of hydrogen-bond donors (Lipinski definition) is 0. The summed E-state index contributed by atoms with van der Waals surface area (Å²) in [5.74, 6) is 0. The van der Waals surface area contributed by atoms with Gasteiger partial charge in [-0.05, 0) is 0 Å². The molecule has 0 N–H and O–H groups in total. The first-order valence-electron chi connectivity index (χ1n) is 5.12. The molecule has 0 atom stereocenters. The zero-order chi connectivity index (χ0) is 12.7. The zero-order valence-corrected chi connectivity index (χ0v) is 9.50. The van der Waals surface area contributed by atoms with E-state index in [-0.39, 0.29) is 19.8 Å². The van der Waals surface area contributed by atoms with Gasteiger partial charge in [0.2, 0.25) is 6.34 Å². The third-order valence-electron chi connectivity index (χ3n) is 2.16. The SMILES string of the molecule is C=CCOC(=O)[N+]1(C(=O)OCC=C)C=NCC1. The summed E-state index contributed by atoms with van der Waals surface area (Å²) >= 11 is 0. The molecule has 0 aromatic rings. The Morgan fingerprint density at radius 2 is 1.76 bits per heavy atom. The number of carbonyl (C=O) groups is 2. The number of aliphatic imine (C=N–C) groups is 1. The molecule has 0 saturated carbocycles. The van der Waals surface area contributed by atoms with Crippen LogP contribution in [0, 0.1) is 0 Å². The molecular weight excluding hydrogens is 224 g/mol. The molecule has 6 heteroatoms. The summed E-state index contributed by atoms with van der Waals surface area (Å²) in [4.78, 5) is 27.5. The second-order valence-electron chi connectivity index (χ2n) is 3.35. The highest BCUT2D eigenvalue weighted by atomic mass is 16.6. The predicted octanol–water partition coefficient (Wildman–Crippen LogP) is 1.49. The fourth-order valence-corrected chi connectivity index (χ4v) is 1.31. The number of hydrogen-bond acceptors (Lipinski definition) is 5. The van der Waals surface area contributed by atoms with Gasteiger partial charge in [0.05, 0.1) is 6.54 Å². The van der Waals surface area contributed by atoms with Gasteiger partial charge in [-0.3, -0.25) is 0 Å². The Bertz CT molecular complexity index is 338. The largest absolute Gasteiger partial charge is 0.533 e. The van der Waals surface area contributed by atoms with Crippen molar-refractivity contribution in [2.24, 2.45) is 4.99 Å². The molecule has 0 unspecified atom stereocenters. The van der Waals surface area contributed by atoms with Crippen molar-refractivity contribution in [3.63, 3.8) is 0 Å². The van der Waals surface area contributed by atoms with Crippen LogP contribution in [-0.2, 0) is 9.47 Å². The van der Waals surface area contributed by atoms with Crippen molar-refractivity contribution in [1.82, 2.24) is 0 Å². The predicted molar refractivity (Wildman–Crippen MR) is 61.6 cm³/mol. The molecule has 0 aromatic carbocycles. The molecule has 1 aliphatic heterocycles. The summed E-state index contributed by atoms with van der Waals surface area (Å²) in [6, 6.07) is 0. The normalized spacial score (nSPS) is 16.2. The second-order valence-corrected chi connectivity index (χ2v) is 3.35. The van der Waals surface area contributed by atoms with Gasteiger partial charge in [0.25, 0.3) is 0 Å². The van der Waals surface area contributed by atoms with E-state index in [1.807, 2.05) is 0 Å². The molecule has 2 amide bonds. The molecule has 1 rings (SSSR count). The summed E-state index contributed by atoms with van der Waals surface area (Å²) in [6.45, 7) is 7.54. The van der Waals surface area contributed by atoms with Crippen molar-refractivity contribution in [2.45, 2.75) is 0 Å². The van der Waals surface area contributed by atoms with Crippen molar-refractivity contribution in [2.75, 3.05) is 26.3 Å². The van der Waals surface area contributed by atoms with Crippen molar-refractivity contribution in [3.8, 4) is 0 Å². The molecular formula is C11H15N2O4+. The molecule has 6 nitrogen and oxygen atoms in total. The number of ether oxygens (including phenoxy) is 2. The van der Waals surface area contributed by atoms with Gasteiger partial charge in [-0.15, -0.1) is 0 Å². The first-order chi connectivity index (χ1) is 8.17. The maximum Gasteiger partial charge on any atom is 0.533 e. The van der Waals surface area contributed by atoms with Crippen LogP contribution in [0.5, 0.6) is 0 Å². The van der Waals surface area contributed by atoms with Crippen LogP contribution in [-0.4, -0.2) is 49.3 Å². The van der Waals surface area contributed by atoms with Crippen LogP contribution in [0.2, 0.25) is 0 Å². The zero-order valence-electron chi connectivity index (χ0n) is 9.50. The summed E-state index contributed by atoms with van der Waals surface area (Å²) in [5, 5.41) is 0. The molecule has 0 spiro atoms. The number of quaternary nitrogens is 1. The van der Waals surface area contributed by atoms with Gasteiger partial charge in [-0.2, -0.15) is 9.59 Å². The van der Waals surface area contributed by atoms with E-state index < -0.39 is 16.7 Å². The Balaban J connectivity index is 2.78. The van der Waals surface area contributed by atoms with Crippen LogP contribution in [0.1, 0.15) is 0 Å². The summed E-state index contributed by atoms with van der Waals surface area (Å²) in [7, 11) is 0. The van der Waals surface area contributed by atoms with Crippen LogP contribution >= 0.6 is 0 Å². The number of carbonyl (C=O) groups excluding carboxylic acids is 2. The lowest BCUT2D eigenvalue weighted by molar-refractivity contribution is -0.676. The molecule has 0 aromatic heterocycles. The Morgan fingerprint density at radius 1 is 1.24 bits per heavy atom. The molecule has 1 aliphatic rings. The van der Waals surface area contributed by atoms with Gasteiger partial charge in [0.1, 0.15) is 19.8 Å². The van der Waals surface area contributed by atoms with Gasteiger partial charge in [0, 0.05) is 0 Å². The maximum atomic E-state index is 11.8. The minimum atomic E-state index is -0.708. The Kier molecular flexibility index (Phi) is 4.59. The van der Waals surface area contributed by atoms with E-state index in [2.05, 4.69) is 18.2 Å². The second kappa shape index (κ2) is 5.95. The molecule has 0 radical (unpaired) electrons. The first kappa shape index (κ1) is 13.1. The fraction of sp³-hybridized carbons (Fsp3) is 0.364. The highest BCUT2D eigenvalue weighted by Gasteiger charge is 2.50. The van der Waals surface area contributed by atoms with E-state index >= 15 is 0 Å². The highest BCUT2D eigenvalue weighted by Crippen LogP contribution is 2.15. The van der Waals surface area contributed by atoms with E-state index in [1.165, 1.54) is 18.5 Å². The Labute approximate surface area is 99.4 Å².